The zero-order valence-corrected chi connectivity index (χ0v) is 17.7. The Kier molecular flexibility index (Phi) is 5.83. The third kappa shape index (κ3) is 4.62. The quantitative estimate of drug-likeness (QED) is 0.650. The second-order valence-electron chi connectivity index (χ2n) is 8.20. The molecular formula is C21H22ClF3N4O2. The molecule has 6 nitrogen and oxygen atoms in total. The molecule has 0 spiro atoms. The maximum atomic E-state index is 13.0. The molecule has 3 heterocycles. The second-order valence-corrected chi connectivity index (χ2v) is 8.63. The number of amides is 1. The number of aromatic nitrogens is 2. The molecule has 2 aliphatic heterocycles. The lowest BCUT2D eigenvalue weighted by Gasteiger charge is -2.22. The standard InChI is InChI=1S/C21H22ClF3N4O2/c1-2-19(30)14-6-26-29(12-14)20(31)28-10-15-8-27(9-16(15)11-28)7-13-3-17(21(23,24)25)5-18(22)4-13/h3-6,12,15-16H,2,7-11H2,1H3. The van der Waals surface area contributed by atoms with Crippen molar-refractivity contribution in [2.75, 3.05) is 26.2 Å². The number of hydrogen-bond donors (Lipinski definition) is 0. The summed E-state index contributed by atoms with van der Waals surface area (Å²) in [5.74, 6) is 0.428. The highest BCUT2D eigenvalue weighted by Gasteiger charge is 2.42. The lowest BCUT2D eigenvalue weighted by Crippen LogP contribution is -2.36. The molecular weight excluding hydrogens is 433 g/mol. The van der Waals surface area contributed by atoms with Gasteiger partial charge in [0.15, 0.2) is 5.78 Å². The first kappa shape index (κ1) is 21.8. The number of alkyl halides is 3. The molecule has 2 atom stereocenters. The van der Waals surface area contributed by atoms with Crippen molar-refractivity contribution in [3.8, 4) is 0 Å². The van der Waals surface area contributed by atoms with E-state index in [9.17, 15) is 22.8 Å². The Balaban J connectivity index is 1.36. The number of halogens is 4. The van der Waals surface area contributed by atoms with Crippen molar-refractivity contribution in [1.29, 1.82) is 0 Å². The van der Waals surface area contributed by atoms with Crippen LogP contribution in [0.3, 0.4) is 0 Å². The van der Waals surface area contributed by atoms with Gasteiger partial charge in [-0.3, -0.25) is 9.69 Å². The summed E-state index contributed by atoms with van der Waals surface area (Å²) in [6.45, 7) is 4.64. The largest absolute Gasteiger partial charge is 0.416 e. The van der Waals surface area contributed by atoms with E-state index < -0.39 is 11.7 Å². The molecule has 1 aromatic carbocycles. The molecule has 0 N–H and O–H groups in total. The SMILES string of the molecule is CCC(=O)c1cnn(C(=O)N2CC3CN(Cc4cc(Cl)cc(C(F)(F)F)c4)CC3C2)c1. The minimum absolute atomic E-state index is 0.0670. The first-order valence-electron chi connectivity index (χ1n) is 10.1. The number of Topliss-reactive ketones (excluding diaryl/α,β-unsaturated/α-hetero) is 1. The highest BCUT2D eigenvalue weighted by molar-refractivity contribution is 6.30. The summed E-state index contributed by atoms with van der Waals surface area (Å²) in [4.78, 5) is 28.3. The Labute approximate surface area is 182 Å². The van der Waals surface area contributed by atoms with Crippen LogP contribution in [0.25, 0.3) is 0 Å². The van der Waals surface area contributed by atoms with Gasteiger partial charge in [-0.15, -0.1) is 0 Å². The average molecular weight is 455 g/mol. The molecule has 166 valence electrons. The number of carbonyl (C=O) groups excluding carboxylic acids is 2. The van der Waals surface area contributed by atoms with Gasteiger partial charge in [-0.2, -0.15) is 23.0 Å². The van der Waals surface area contributed by atoms with Gasteiger partial charge in [0.25, 0.3) is 0 Å². The summed E-state index contributed by atoms with van der Waals surface area (Å²) in [7, 11) is 0. The van der Waals surface area contributed by atoms with Gasteiger partial charge < -0.3 is 4.90 Å². The Bertz CT molecular complexity index is 993. The van der Waals surface area contributed by atoms with Gasteiger partial charge in [-0.25, -0.2) is 4.79 Å². The van der Waals surface area contributed by atoms with E-state index in [-0.39, 0.29) is 28.7 Å². The molecule has 2 saturated heterocycles. The smallest absolute Gasteiger partial charge is 0.322 e. The molecule has 0 saturated carbocycles. The minimum atomic E-state index is -4.43. The lowest BCUT2D eigenvalue weighted by molar-refractivity contribution is -0.137. The zero-order chi connectivity index (χ0) is 22.3. The molecule has 2 fully saturated rings. The van der Waals surface area contributed by atoms with E-state index >= 15 is 0 Å². The van der Waals surface area contributed by atoms with E-state index in [0.29, 0.717) is 50.3 Å². The van der Waals surface area contributed by atoms with Crippen molar-refractivity contribution < 1.29 is 22.8 Å². The van der Waals surface area contributed by atoms with Crippen LogP contribution in [0.15, 0.2) is 30.6 Å². The van der Waals surface area contributed by atoms with Gasteiger partial charge >= 0.3 is 12.2 Å². The van der Waals surface area contributed by atoms with Crippen molar-refractivity contribution in [3.05, 3.63) is 52.3 Å². The predicted octanol–water partition coefficient (Wildman–Crippen LogP) is 4.18. The summed E-state index contributed by atoms with van der Waals surface area (Å²) >= 11 is 5.89. The van der Waals surface area contributed by atoms with E-state index in [0.717, 1.165) is 12.1 Å². The van der Waals surface area contributed by atoms with Crippen molar-refractivity contribution in [1.82, 2.24) is 19.6 Å². The van der Waals surface area contributed by atoms with E-state index in [4.69, 9.17) is 11.6 Å². The van der Waals surface area contributed by atoms with Crippen LogP contribution in [0.2, 0.25) is 5.02 Å². The van der Waals surface area contributed by atoms with Crippen LogP contribution < -0.4 is 0 Å². The van der Waals surface area contributed by atoms with Crippen LogP contribution >= 0.6 is 11.6 Å². The van der Waals surface area contributed by atoms with Crippen LogP contribution in [0.1, 0.15) is 34.8 Å². The van der Waals surface area contributed by atoms with Gasteiger partial charge in [0, 0.05) is 50.4 Å². The topological polar surface area (TPSA) is 58.4 Å². The van der Waals surface area contributed by atoms with Crippen molar-refractivity contribution in [2.24, 2.45) is 11.8 Å². The number of hydrogen-bond acceptors (Lipinski definition) is 4. The fourth-order valence-electron chi connectivity index (χ4n) is 4.46. The minimum Gasteiger partial charge on any atom is -0.322 e. The van der Waals surface area contributed by atoms with Gasteiger partial charge in [0.2, 0.25) is 0 Å². The van der Waals surface area contributed by atoms with E-state index in [1.165, 1.54) is 17.1 Å². The monoisotopic (exact) mass is 454 g/mol. The maximum absolute atomic E-state index is 13.0. The number of likely N-dealkylation sites (tertiary alicyclic amines) is 2. The van der Waals surface area contributed by atoms with Crippen LogP contribution in [-0.2, 0) is 12.7 Å². The van der Waals surface area contributed by atoms with Gasteiger partial charge in [0.1, 0.15) is 0 Å². The molecule has 10 heteroatoms. The van der Waals surface area contributed by atoms with Crippen LogP contribution in [-0.4, -0.2) is 57.6 Å². The maximum Gasteiger partial charge on any atom is 0.416 e. The molecule has 0 bridgehead atoms. The van der Waals surface area contributed by atoms with Crippen molar-refractivity contribution >= 4 is 23.4 Å². The van der Waals surface area contributed by atoms with Crippen molar-refractivity contribution in [3.63, 3.8) is 0 Å². The number of ketones is 1. The van der Waals surface area contributed by atoms with E-state index in [1.54, 1.807) is 17.9 Å². The Hall–Kier alpha value is -2.39. The molecule has 0 aliphatic carbocycles. The summed E-state index contributed by atoms with van der Waals surface area (Å²) in [5, 5.41) is 4.09. The number of nitrogens with zero attached hydrogens (tertiary/aromatic N) is 4. The molecule has 0 radical (unpaired) electrons. The van der Waals surface area contributed by atoms with E-state index in [2.05, 4.69) is 10.00 Å². The fourth-order valence-corrected chi connectivity index (χ4v) is 4.72. The Morgan fingerprint density at radius 2 is 1.81 bits per heavy atom. The van der Waals surface area contributed by atoms with Crippen LogP contribution in [0.5, 0.6) is 0 Å². The molecule has 4 rings (SSSR count). The molecule has 2 aliphatic rings. The number of fused-ring (bicyclic) bond motifs is 1. The number of carbonyl (C=O) groups is 2. The lowest BCUT2D eigenvalue weighted by atomic mass is 10.0. The molecule has 2 unspecified atom stereocenters. The summed E-state index contributed by atoms with van der Waals surface area (Å²) in [5.41, 5.74) is 0.199. The summed E-state index contributed by atoms with van der Waals surface area (Å²) in [6.07, 6.45) is -1.22. The number of benzene rings is 1. The molecule has 1 aromatic heterocycles. The van der Waals surface area contributed by atoms with Crippen molar-refractivity contribution in [2.45, 2.75) is 26.1 Å². The fraction of sp³-hybridized carbons (Fsp3) is 0.476. The predicted molar refractivity (Wildman–Crippen MR) is 108 cm³/mol. The third-order valence-corrected chi connectivity index (χ3v) is 6.16. The first-order valence-corrected chi connectivity index (χ1v) is 10.5. The zero-order valence-electron chi connectivity index (χ0n) is 16.9. The summed E-state index contributed by atoms with van der Waals surface area (Å²) in [6, 6.07) is 3.37. The normalized spacial score (nSPS) is 21.5. The second kappa shape index (κ2) is 8.27. The molecule has 31 heavy (non-hydrogen) atoms. The Morgan fingerprint density at radius 1 is 1.13 bits per heavy atom. The van der Waals surface area contributed by atoms with Crippen LogP contribution in [0.4, 0.5) is 18.0 Å². The third-order valence-electron chi connectivity index (χ3n) is 5.95. The van der Waals surface area contributed by atoms with Gasteiger partial charge in [-0.05, 0) is 35.6 Å². The number of rotatable bonds is 4. The highest BCUT2D eigenvalue weighted by atomic mass is 35.5. The van der Waals surface area contributed by atoms with E-state index in [1.807, 2.05) is 0 Å². The van der Waals surface area contributed by atoms with Gasteiger partial charge in [-0.1, -0.05) is 18.5 Å². The van der Waals surface area contributed by atoms with Crippen LogP contribution in [0, 0.1) is 11.8 Å². The van der Waals surface area contributed by atoms with Gasteiger partial charge in [0.05, 0.1) is 17.3 Å². The molecule has 2 aromatic rings. The highest BCUT2D eigenvalue weighted by Crippen LogP contribution is 2.35. The molecule has 1 amide bonds. The Morgan fingerprint density at radius 3 is 2.42 bits per heavy atom. The summed E-state index contributed by atoms with van der Waals surface area (Å²) < 4.78 is 40.3. The first-order chi connectivity index (χ1) is 14.6. The average Bonchev–Trinajstić information content (AvgIpc) is 3.40.